The van der Waals surface area contributed by atoms with Crippen LogP contribution in [0.4, 0.5) is 5.82 Å². The van der Waals surface area contributed by atoms with E-state index in [0.717, 1.165) is 34.8 Å². The molecule has 1 aromatic heterocycles. The van der Waals surface area contributed by atoms with Crippen molar-refractivity contribution in [1.29, 1.82) is 0 Å². The van der Waals surface area contributed by atoms with Gasteiger partial charge in [-0.1, -0.05) is 36.6 Å². The molecule has 0 bridgehead atoms. The van der Waals surface area contributed by atoms with Crippen LogP contribution in [-0.2, 0) is 10.0 Å². The number of allylic oxidation sites excluding steroid dienone is 3. The van der Waals surface area contributed by atoms with Crippen molar-refractivity contribution in [3.63, 3.8) is 0 Å². The van der Waals surface area contributed by atoms with Crippen LogP contribution in [0.1, 0.15) is 44.9 Å². The van der Waals surface area contributed by atoms with E-state index in [0.29, 0.717) is 4.24 Å². The van der Waals surface area contributed by atoms with Gasteiger partial charge in [-0.2, -0.15) is 0 Å². The molecule has 2 rings (SSSR count). The molecule has 0 saturated heterocycles. The van der Waals surface area contributed by atoms with Crippen LogP contribution < -0.4 is 9.62 Å². The number of thioether (sulfide) groups is 1. The maximum Gasteiger partial charge on any atom is 0.246 e. The molecule has 0 radical (unpaired) electrons. The molecule has 0 atom stereocenters. The predicted molar refractivity (Wildman–Crippen MR) is 115 cm³/mol. The monoisotopic (exact) mass is 408 g/mol. The Hall–Kier alpha value is -1.64. The molecule has 0 unspecified atom stereocenters. The quantitative estimate of drug-likeness (QED) is 0.704. The molecule has 1 aliphatic rings. The fourth-order valence-corrected chi connectivity index (χ4v) is 5.53. The van der Waals surface area contributed by atoms with Crippen molar-refractivity contribution in [2.75, 3.05) is 11.9 Å². The second kappa shape index (κ2) is 9.03. The second-order valence-electron chi connectivity index (χ2n) is 6.66. The van der Waals surface area contributed by atoms with E-state index in [4.69, 9.17) is 0 Å². The van der Waals surface area contributed by atoms with Crippen LogP contribution in [0.2, 0.25) is 0 Å². The summed E-state index contributed by atoms with van der Waals surface area (Å²) in [6.07, 6.45) is 8.63. The number of sulfonamides is 1. The summed E-state index contributed by atoms with van der Waals surface area (Å²) >= 11 is 1.18. The van der Waals surface area contributed by atoms with Crippen LogP contribution in [0.5, 0.6) is 0 Å². The zero-order valence-corrected chi connectivity index (χ0v) is 18.2. The fourth-order valence-electron chi connectivity index (χ4n) is 3.01. The third-order valence-corrected chi connectivity index (χ3v) is 7.59. The van der Waals surface area contributed by atoms with Crippen LogP contribution in [0.15, 0.2) is 34.2 Å². The van der Waals surface area contributed by atoms with E-state index < -0.39 is 10.0 Å². The van der Waals surface area contributed by atoms with E-state index in [1.807, 2.05) is 33.0 Å². The minimum absolute atomic E-state index is 0.0729. The maximum absolute atomic E-state index is 12.5. The molecule has 27 heavy (non-hydrogen) atoms. The van der Waals surface area contributed by atoms with Gasteiger partial charge in [-0.25, -0.2) is 23.1 Å². The first kappa shape index (κ1) is 21.7. The van der Waals surface area contributed by atoms with Crippen molar-refractivity contribution >= 4 is 33.7 Å². The first-order valence-electron chi connectivity index (χ1n) is 8.88. The van der Waals surface area contributed by atoms with Gasteiger partial charge in [0.15, 0.2) is 0 Å². The van der Waals surface area contributed by atoms with Crippen molar-refractivity contribution in [2.45, 2.75) is 52.6 Å². The van der Waals surface area contributed by atoms with Gasteiger partial charge >= 0.3 is 0 Å². The topological polar surface area (TPSA) is 75.2 Å². The number of aromatic nitrogens is 2. The minimum atomic E-state index is -3.51. The Kier molecular flexibility index (Phi) is 7.25. The van der Waals surface area contributed by atoms with Crippen LogP contribution >= 0.6 is 11.8 Å². The third-order valence-electron chi connectivity index (χ3n) is 4.49. The van der Waals surface area contributed by atoms with Crippen molar-refractivity contribution < 1.29 is 8.42 Å². The molecule has 1 heterocycles. The van der Waals surface area contributed by atoms with Crippen LogP contribution in [-0.4, -0.2) is 37.5 Å². The van der Waals surface area contributed by atoms with E-state index in [-0.39, 0.29) is 12.1 Å². The molecule has 0 aromatic carbocycles. The summed E-state index contributed by atoms with van der Waals surface area (Å²) in [6, 6.07) is 0.162. The summed E-state index contributed by atoms with van der Waals surface area (Å²) in [5, 5.41) is 0. The zero-order valence-electron chi connectivity index (χ0n) is 16.6. The van der Waals surface area contributed by atoms with Gasteiger partial charge in [-0.05, 0) is 45.4 Å². The summed E-state index contributed by atoms with van der Waals surface area (Å²) in [6.45, 7) is 11.2. The lowest BCUT2D eigenvalue weighted by Crippen LogP contribution is -2.53. The third kappa shape index (κ3) is 5.21. The first-order valence-corrected chi connectivity index (χ1v) is 11.2. The number of aryl methyl sites for hydroxylation is 1. The Labute approximate surface area is 166 Å². The zero-order chi connectivity index (χ0) is 20.2. The molecule has 0 amide bonds. The highest BCUT2D eigenvalue weighted by molar-refractivity contribution is 8.20. The summed E-state index contributed by atoms with van der Waals surface area (Å²) in [4.78, 5) is 11.6. The van der Waals surface area contributed by atoms with Gasteiger partial charge in [-0.3, -0.25) is 0 Å². The summed E-state index contributed by atoms with van der Waals surface area (Å²) in [7, 11) is -1.51. The summed E-state index contributed by atoms with van der Waals surface area (Å²) in [5.41, 5.74) is 1.93. The Morgan fingerprint density at radius 2 is 2.04 bits per heavy atom. The smallest absolute Gasteiger partial charge is 0.246 e. The van der Waals surface area contributed by atoms with Crippen molar-refractivity contribution in [2.24, 2.45) is 0 Å². The van der Waals surface area contributed by atoms with Gasteiger partial charge in [0.25, 0.3) is 0 Å². The molecule has 6 nitrogen and oxygen atoms in total. The van der Waals surface area contributed by atoms with Gasteiger partial charge in [0.2, 0.25) is 10.0 Å². The van der Waals surface area contributed by atoms with Crippen LogP contribution in [0.25, 0.3) is 6.08 Å². The van der Waals surface area contributed by atoms with Crippen molar-refractivity contribution in [3.8, 4) is 0 Å². The molecule has 0 spiro atoms. The SMILES string of the molecule is C=C(C)S/C(=C\C)S(=O)(=O)NC1CC(N(C)c2ncnc(C)c2/C=C\C)C1. The average Bonchev–Trinajstić information content (AvgIpc) is 2.56. The van der Waals surface area contributed by atoms with E-state index in [2.05, 4.69) is 26.2 Å². The number of nitrogens with one attached hydrogen (secondary N) is 1. The van der Waals surface area contributed by atoms with Gasteiger partial charge < -0.3 is 4.90 Å². The lowest BCUT2D eigenvalue weighted by atomic mass is 9.86. The van der Waals surface area contributed by atoms with E-state index in [1.54, 1.807) is 26.3 Å². The van der Waals surface area contributed by atoms with Crippen LogP contribution in [0, 0.1) is 6.92 Å². The lowest BCUT2D eigenvalue weighted by molar-refractivity contribution is 0.316. The predicted octanol–water partition coefficient (Wildman–Crippen LogP) is 3.83. The largest absolute Gasteiger partial charge is 0.356 e. The normalized spacial score (nSPS) is 20.6. The number of rotatable bonds is 8. The molecule has 1 saturated carbocycles. The molecular weight excluding hydrogens is 380 g/mol. The Bertz CT molecular complexity index is 856. The fraction of sp³-hybridized carbons (Fsp3) is 0.474. The molecule has 8 heteroatoms. The molecule has 0 aliphatic heterocycles. The molecule has 148 valence electrons. The van der Waals surface area contributed by atoms with Crippen molar-refractivity contribution in [3.05, 3.63) is 45.5 Å². The molecule has 1 fully saturated rings. The number of hydrogen-bond donors (Lipinski definition) is 1. The maximum atomic E-state index is 12.5. The number of nitrogens with zero attached hydrogens (tertiary/aromatic N) is 3. The first-order chi connectivity index (χ1) is 12.7. The van der Waals surface area contributed by atoms with E-state index in [9.17, 15) is 8.42 Å². The highest BCUT2D eigenvalue weighted by Gasteiger charge is 2.36. The van der Waals surface area contributed by atoms with Gasteiger partial charge in [0, 0.05) is 24.7 Å². The Morgan fingerprint density at radius 3 is 2.59 bits per heavy atom. The molecular formula is C19H28N4O2S2. The Balaban J connectivity index is 2.04. The number of hydrogen-bond acceptors (Lipinski definition) is 6. The molecule has 1 N–H and O–H groups in total. The van der Waals surface area contributed by atoms with Crippen LogP contribution in [0.3, 0.4) is 0 Å². The minimum Gasteiger partial charge on any atom is -0.356 e. The Morgan fingerprint density at radius 1 is 1.37 bits per heavy atom. The highest BCUT2D eigenvalue weighted by Crippen LogP contribution is 2.33. The highest BCUT2D eigenvalue weighted by atomic mass is 32.3. The second-order valence-corrected chi connectivity index (χ2v) is 9.94. The average molecular weight is 409 g/mol. The van der Waals surface area contributed by atoms with Gasteiger partial charge in [0.05, 0.1) is 5.69 Å². The van der Waals surface area contributed by atoms with E-state index in [1.165, 1.54) is 11.8 Å². The summed E-state index contributed by atoms with van der Waals surface area (Å²) < 4.78 is 28.2. The lowest BCUT2D eigenvalue weighted by Gasteiger charge is -2.42. The van der Waals surface area contributed by atoms with E-state index >= 15 is 0 Å². The van der Waals surface area contributed by atoms with Gasteiger partial charge in [-0.15, -0.1) is 0 Å². The van der Waals surface area contributed by atoms with Gasteiger partial charge in [0.1, 0.15) is 16.4 Å². The standard InChI is InChI=1S/C19H28N4O2S2/c1-7-9-17-14(5)20-12-21-19(17)23(6)16-10-15(11-16)22-27(24,25)18(8-2)26-13(3)4/h7-9,12,15-16,22H,3,10-11H2,1-2,4-6H3/b9-7-,18-8+. The molecule has 1 aromatic rings. The molecule has 1 aliphatic carbocycles. The number of anilines is 1. The van der Waals surface area contributed by atoms with Crippen molar-refractivity contribution in [1.82, 2.24) is 14.7 Å². The summed E-state index contributed by atoms with van der Waals surface area (Å²) in [5.74, 6) is 0.874.